The van der Waals surface area contributed by atoms with Gasteiger partial charge in [0, 0.05) is 44.3 Å². The summed E-state index contributed by atoms with van der Waals surface area (Å²) in [4.78, 5) is 34.5. The molecule has 0 unspecified atom stereocenters. The topological polar surface area (TPSA) is 125 Å². The molecule has 0 aliphatic carbocycles. The number of rotatable bonds is 6. The zero-order valence-corrected chi connectivity index (χ0v) is 14.0. The quantitative estimate of drug-likeness (QED) is 0.719. The average molecular weight is 351 g/mol. The Morgan fingerprint density at radius 3 is 2.71 bits per heavy atom. The van der Waals surface area contributed by atoms with Crippen molar-refractivity contribution in [2.75, 3.05) is 26.4 Å². The lowest BCUT2D eigenvalue weighted by Crippen LogP contribution is -2.37. The normalized spacial score (nSPS) is 11.5. The maximum absolute atomic E-state index is 12.0. The lowest BCUT2D eigenvalue weighted by molar-refractivity contribution is 0.0950. The summed E-state index contributed by atoms with van der Waals surface area (Å²) in [7, 11) is -1.91. The molecule has 1 amide bonds. The molecule has 2 heterocycles. The fourth-order valence-electron chi connectivity index (χ4n) is 1.79. The molecule has 2 aromatic rings. The minimum Gasteiger partial charge on any atom is -0.350 e. The lowest BCUT2D eigenvalue weighted by atomic mass is 10.2. The van der Waals surface area contributed by atoms with E-state index in [1.54, 1.807) is 24.5 Å². The molecule has 0 aliphatic heterocycles. The highest BCUT2D eigenvalue weighted by Gasteiger charge is 2.14. The first-order valence-corrected chi connectivity index (χ1v) is 8.83. The summed E-state index contributed by atoms with van der Waals surface area (Å²) < 4.78 is 23.6. The standard InChI is InChI=1S/C14H17N5O4S/c1-19(24(2,22)23)7-6-16-13(20)11-9-17-12(18-14(11)21)10-4-3-5-15-8-10/h3-5,8-9H,6-7H2,1-2H3,(H,16,20)(H,17,18,21). The molecule has 0 fully saturated rings. The molecule has 24 heavy (non-hydrogen) atoms. The van der Waals surface area contributed by atoms with Gasteiger partial charge in [-0.05, 0) is 12.1 Å². The predicted molar refractivity (Wildman–Crippen MR) is 87.9 cm³/mol. The summed E-state index contributed by atoms with van der Waals surface area (Å²) in [6, 6.07) is 3.43. The van der Waals surface area contributed by atoms with E-state index in [0.717, 1.165) is 10.6 Å². The van der Waals surface area contributed by atoms with Gasteiger partial charge in [-0.15, -0.1) is 0 Å². The van der Waals surface area contributed by atoms with Gasteiger partial charge in [0.15, 0.2) is 0 Å². The number of pyridine rings is 1. The molecule has 0 spiro atoms. The van der Waals surface area contributed by atoms with Crippen molar-refractivity contribution in [3.63, 3.8) is 0 Å². The van der Waals surface area contributed by atoms with E-state index in [1.807, 2.05) is 0 Å². The van der Waals surface area contributed by atoms with Gasteiger partial charge in [-0.3, -0.25) is 14.6 Å². The second-order valence-electron chi connectivity index (χ2n) is 5.06. The summed E-state index contributed by atoms with van der Waals surface area (Å²) in [5.41, 5.74) is -0.112. The summed E-state index contributed by atoms with van der Waals surface area (Å²) >= 11 is 0. The largest absolute Gasteiger partial charge is 0.350 e. The molecule has 0 radical (unpaired) electrons. The molecule has 0 atom stereocenters. The van der Waals surface area contributed by atoms with Crippen molar-refractivity contribution in [3.8, 4) is 11.4 Å². The maximum Gasteiger partial charge on any atom is 0.264 e. The highest BCUT2D eigenvalue weighted by atomic mass is 32.2. The van der Waals surface area contributed by atoms with Crippen LogP contribution in [0.15, 0.2) is 35.5 Å². The number of carbonyl (C=O) groups excluding carboxylic acids is 1. The average Bonchev–Trinajstić information content (AvgIpc) is 2.54. The molecule has 2 rings (SSSR count). The second-order valence-corrected chi connectivity index (χ2v) is 7.15. The predicted octanol–water partition coefficient (Wildman–Crippen LogP) is -0.547. The Labute approximate surface area is 138 Å². The SMILES string of the molecule is CN(CCNC(=O)c1cnc(-c2cccnc2)[nH]c1=O)S(C)(=O)=O. The Bertz CT molecular complexity index is 880. The van der Waals surface area contributed by atoms with Crippen molar-refractivity contribution in [1.29, 1.82) is 0 Å². The fraction of sp³-hybridized carbons (Fsp3) is 0.286. The maximum atomic E-state index is 12.0. The number of likely N-dealkylation sites (N-methyl/N-ethyl adjacent to an activating group) is 1. The van der Waals surface area contributed by atoms with E-state index in [0.29, 0.717) is 11.4 Å². The van der Waals surface area contributed by atoms with Gasteiger partial charge in [-0.25, -0.2) is 17.7 Å². The number of H-pyrrole nitrogens is 1. The van der Waals surface area contributed by atoms with Crippen molar-refractivity contribution in [2.24, 2.45) is 0 Å². The van der Waals surface area contributed by atoms with Gasteiger partial charge >= 0.3 is 0 Å². The van der Waals surface area contributed by atoms with E-state index >= 15 is 0 Å². The van der Waals surface area contributed by atoms with E-state index < -0.39 is 21.5 Å². The number of aromatic nitrogens is 3. The zero-order valence-electron chi connectivity index (χ0n) is 13.2. The first-order chi connectivity index (χ1) is 11.3. The van der Waals surface area contributed by atoms with Gasteiger partial charge in [-0.2, -0.15) is 0 Å². The van der Waals surface area contributed by atoms with Crippen LogP contribution in [-0.2, 0) is 10.0 Å². The molecule has 0 bridgehead atoms. The Kier molecular flexibility index (Phi) is 5.42. The summed E-state index contributed by atoms with van der Waals surface area (Å²) in [5, 5.41) is 2.48. The van der Waals surface area contributed by atoms with Gasteiger partial charge in [0.25, 0.3) is 11.5 Å². The Morgan fingerprint density at radius 1 is 1.38 bits per heavy atom. The minimum atomic E-state index is -3.31. The number of aromatic amines is 1. The van der Waals surface area contributed by atoms with Crippen LogP contribution < -0.4 is 10.9 Å². The first-order valence-electron chi connectivity index (χ1n) is 6.98. The van der Waals surface area contributed by atoms with E-state index in [2.05, 4.69) is 20.3 Å². The first kappa shape index (κ1) is 17.8. The number of amides is 1. The third-order valence-electron chi connectivity index (χ3n) is 3.26. The highest BCUT2D eigenvalue weighted by molar-refractivity contribution is 7.88. The number of carbonyl (C=O) groups is 1. The van der Waals surface area contributed by atoms with E-state index in [4.69, 9.17) is 0 Å². The molecule has 128 valence electrons. The van der Waals surface area contributed by atoms with Gasteiger partial charge in [0.2, 0.25) is 10.0 Å². The van der Waals surface area contributed by atoms with Crippen LogP contribution in [0.4, 0.5) is 0 Å². The lowest BCUT2D eigenvalue weighted by Gasteiger charge is -2.14. The minimum absolute atomic E-state index is 0.0756. The number of sulfonamides is 1. The van der Waals surface area contributed by atoms with Crippen LogP contribution >= 0.6 is 0 Å². The fourth-order valence-corrected chi connectivity index (χ4v) is 2.22. The van der Waals surface area contributed by atoms with Crippen LogP contribution in [-0.4, -0.2) is 60.0 Å². The smallest absolute Gasteiger partial charge is 0.264 e. The molecule has 0 saturated carbocycles. The van der Waals surface area contributed by atoms with Crippen LogP contribution in [0.2, 0.25) is 0 Å². The number of hydrogen-bond acceptors (Lipinski definition) is 6. The molecule has 9 nitrogen and oxygen atoms in total. The Balaban J connectivity index is 2.04. The second kappa shape index (κ2) is 7.32. The van der Waals surface area contributed by atoms with Crippen molar-refractivity contribution in [2.45, 2.75) is 0 Å². The molecule has 2 N–H and O–H groups in total. The van der Waals surface area contributed by atoms with Crippen LogP contribution in [0.3, 0.4) is 0 Å². The van der Waals surface area contributed by atoms with E-state index in [-0.39, 0.29) is 18.7 Å². The van der Waals surface area contributed by atoms with Gasteiger partial charge in [0.05, 0.1) is 6.26 Å². The van der Waals surface area contributed by atoms with Gasteiger partial charge in [-0.1, -0.05) is 0 Å². The summed E-state index contributed by atoms with van der Waals surface area (Å²) in [6.45, 7) is 0.176. The molecule has 0 aromatic carbocycles. The third-order valence-corrected chi connectivity index (χ3v) is 4.57. The molecule has 2 aromatic heterocycles. The molecule has 0 saturated heterocycles. The van der Waals surface area contributed by atoms with E-state index in [1.165, 1.54) is 13.2 Å². The van der Waals surface area contributed by atoms with Crippen molar-refractivity contribution < 1.29 is 13.2 Å². The molecule has 0 aliphatic rings. The molecule has 10 heteroatoms. The summed E-state index contributed by atoms with van der Waals surface area (Å²) in [5.74, 6) is -0.315. The van der Waals surface area contributed by atoms with Crippen LogP contribution in [0, 0.1) is 0 Å². The Hall–Kier alpha value is -2.59. The van der Waals surface area contributed by atoms with Gasteiger partial charge < -0.3 is 10.3 Å². The number of nitrogens with one attached hydrogen (secondary N) is 2. The molecular formula is C14H17N5O4S. The van der Waals surface area contributed by atoms with Crippen LogP contribution in [0.25, 0.3) is 11.4 Å². The van der Waals surface area contributed by atoms with Crippen LogP contribution in [0.1, 0.15) is 10.4 Å². The zero-order chi connectivity index (χ0) is 17.7. The Morgan fingerprint density at radius 2 is 2.12 bits per heavy atom. The number of nitrogens with zero attached hydrogens (tertiary/aromatic N) is 3. The highest BCUT2D eigenvalue weighted by Crippen LogP contribution is 2.10. The van der Waals surface area contributed by atoms with Crippen molar-refractivity contribution in [1.82, 2.24) is 24.6 Å². The van der Waals surface area contributed by atoms with E-state index in [9.17, 15) is 18.0 Å². The summed E-state index contributed by atoms with van der Waals surface area (Å²) in [6.07, 6.45) is 5.38. The van der Waals surface area contributed by atoms with Crippen molar-refractivity contribution >= 4 is 15.9 Å². The number of hydrogen-bond donors (Lipinski definition) is 2. The van der Waals surface area contributed by atoms with Gasteiger partial charge in [0.1, 0.15) is 11.4 Å². The monoisotopic (exact) mass is 351 g/mol. The van der Waals surface area contributed by atoms with Crippen molar-refractivity contribution in [3.05, 3.63) is 46.6 Å². The third kappa shape index (κ3) is 4.46. The molecular weight excluding hydrogens is 334 g/mol. The van der Waals surface area contributed by atoms with Crippen LogP contribution in [0.5, 0.6) is 0 Å².